The smallest absolute Gasteiger partial charge is 0.416 e. The van der Waals surface area contributed by atoms with Crippen molar-refractivity contribution in [2.24, 2.45) is 0 Å². The van der Waals surface area contributed by atoms with Gasteiger partial charge in [-0.3, -0.25) is 4.98 Å². The number of benzene rings is 2. The van der Waals surface area contributed by atoms with Gasteiger partial charge in [-0.15, -0.1) is 0 Å². The molecule has 2 aromatic carbocycles. The minimum Gasteiger partial charge on any atom is -0.493 e. The minimum atomic E-state index is -4.43. The molecule has 0 spiro atoms. The first-order valence-corrected chi connectivity index (χ1v) is 10.5. The Labute approximate surface area is 196 Å². The second kappa shape index (κ2) is 11.0. The van der Waals surface area contributed by atoms with Gasteiger partial charge >= 0.3 is 6.18 Å². The van der Waals surface area contributed by atoms with Crippen LogP contribution in [0.1, 0.15) is 16.8 Å². The second-order valence-corrected chi connectivity index (χ2v) is 7.58. The first kappa shape index (κ1) is 24.3. The highest BCUT2D eigenvalue weighted by molar-refractivity contribution is 7.80. The predicted octanol–water partition coefficient (Wildman–Crippen LogP) is 5.56. The molecule has 0 fully saturated rings. The molecule has 3 aromatic rings. The minimum absolute atomic E-state index is 0.270. The molecule has 0 aliphatic heterocycles. The number of aromatic nitrogens is 1. The van der Waals surface area contributed by atoms with Gasteiger partial charge in [-0.1, -0.05) is 18.2 Å². The fourth-order valence-electron chi connectivity index (χ4n) is 3.22. The summed E-state index contributed by atoms with van der Waals surface area (Å²) in [4.78, 5) is 6.21. The fraction of sp³-hybridized carbons (Fsp3) is 0.250. The molecule has 1 heterocycles. The summed E-state index contributed by atoms with van der Waals surface area (Å²) in [6.07, 6.45) is -2.12. The number of nitrogens with one attached hydrogen (secondary N) is 1. The van der Waals surface area contributed by atoms with Gasteiger partial charge in [-0.25, -0.2) is 0 Å². The molecule has 0 aliphatic rings. The summed E-state index contributed by atoms with van der Waals surface area (Å²) in [6.45, 7) is 0.912. The Morgan fingerprint density at radius 2 is 1.79 bits per heavy atom. The van der Waals surface area contributed by atoms with Crippen molar-refractivity contribution < 1.29 is 22.6 Å². The van der Waals surface area contributed by atoms with E-state index in [-0.39, 0.29) is 5.69 Å². The number of ether oxygens (including phenoxy) is 2. The molecular weight excluding hydrogens is 451 g/mol. The lowest BCUT2D eigenvalue weighted by Gasteiger charge is -2.26. The zero-order valence-corrected chi connectivity index (χ0v) is 19.0. The first-order valence-electron chi connectivity index (χ1n) is 10.1. The molecule has 5 nitrogen and oxygen atoms in total. The van der Waals surface area contributed by atoms with Crippen LogP contribution in [-0.2, 0) is 19.1 Å². The average molecular weight is 476 g/mol. The zero-order valence-electron chi connectivity index (χ0n) is 18.2. The molecule has 0 aliphatic carbocycles. The number of thiocarbonyl (C=S) groups is 1. The second-order valence-electron chi connectivity index (χ2n) is 7.19. The molecule has 9 heteroatoms. The number of hydrogen-bond acceptors (Lipinski definition) is 4. The van der Waals surface area contributed by atoms with E-state index < -0.39 is 11.7 Å². The van der Waals surface area contributed by atoms with Gasteiger partial charge in [0.1, 0.15) is 0 Å². The SMILES string of the molecule is COc1ccc(CCN(Cc2ccccn2)C(=S)Nc2cccc(C(F)(F)F)c2)cc1OC. The van der Waals surface area contributed by atoms with Crippen LogP contribution in [0.3, 0.4) is 0 Å². The van der Waals surface area contributed by atoms with Crippen LogP contribution in [0.25, 0.3) is 0 Å². The van der Waals surface area contributed by atoms with Gasteiger partial charge in [0, 0.05) is 18.4 Å². The Morgan fingerprint density at radius 3 is 2.45 bits per heavy atom. The van der Waals surface area contributed by atoms with Gasteiger partial charge in [0.05, 0.1) is 32.0 Å². The molecular formula is C24H24F3N3O2S. The van der Waals surface area contributed by atoms with Crippen molar-refractivity contribution in [2.45, 2.75) is 19.1 Å². The molecule has 0 bridgehead atoms. The summed E-state index contributed by atoms with van der Waals surface area (Å²) in [5, 5.41) is 3.24. The molecule has 1 aromatic heterocycles. The van der Waals surface area contributed by atoms with Gasteiger partial charge < -0.3 is 19.7 Å². The third kappa shape index (κ3) is 6.82. The highest BCUT2D eigenvalue weighted by Gasteiger charge is 2.30. The number of nitrogens with zero attached hydrogens (tertiary/aromatic N) is 2. The molecule has 0 saturated carbocycles. The van der Waals surface area contributed by atoms with Crippen LogP contribution in [0, 0.1) is 0 Å². The molecule has 174 valence electrons. The molecule has 0 radical (unpaired) electrons. The van der Waals surface area contributed by atoms with Gasteiger partial charge in [0.25, 0.3) is 0 Å². The Morgan fingerprint density at radius 1 is 1.00 bits per heavy atom. The number of alkyl halides is 3. The number of rotatable bonds is 8. The van der Waals surface area contributed by atoms with E-state index >= 15 is 0 Å². The van der Waals surface area contributed by atoms with Crippen molar-refractivity contribution in [3.05, 3.63) is 83.7 Å². The molecule has 1 N–H and O–H groups in total. The van der Waals surface area contributed by atoms with E-state index in [1.807, 2.05) is 41.3 Å². The lowest BCUT2D eigenvalue weighted by atomic mass is 10.1. The monoisotopic (exact) mass is 475 g/mol. The van der Waals surface area contributed by atoms with Crippen molar-refractivity contribution >= 4 is 23.0 Å². The van der Waals surface area contributed by atoms with Crippen LogP contribution in [-0.4, -0.2) is 35.8 Å². The number of anilines is 1. The van der Waals surface area contributed by atoms with E-state index in [0.29, 0.717) is 36.1 Å². The highest BCUT2D eigenvalue weighted by Crippen LogP contribution is 2.31. The van der Waals surface area contributed by atoms with Crippen LogP contribution in [0.15, 0.2) is 66.9 Å². The summed E-state index contributed by atoms with van der Waals surface area (Å²) in [6, 6.07) is 16.2. The maximum Gasteiger partial charge on any atom is 0.416 e. The van der Waals surface area contributed by atoms with Crippen LogP contribution in [0.2, 0.25) is 0 Å². The lowest BCUT2D eigenvalue weighted by molar-refractivity contribution is -0.137. The van der Waals surface area contributed by atoms with E-state index in [1.165, 1.54) is 6.07 Å². The maximum absolute atomic E-state index is 13.1. The van der Waals surface area contributed by atoms with Crippen LogP contribution in [0.4, 0.5) is 18.9 Å². The molecule has 0 atom stereocenters. The molecule has 33 heavy (non-hydrogen) atoms. The standard InChI is InChI=1S/C24H24F3N3O2S/c1-31-21-10-9-17(14-22(21)32-2)11-13-30(16-20-7-3-4-12-28-20)23(33)29-19-8-5-6-18(15-19)24(25,26)27/h3-10,12,14-15H,11,13,16H2,1-2H3,(H,29,33). The van der Waals surface area contributed by atoms with E-state index in [1.54, 1.807) is 26.5 Å². The third-order valence-corrected chi connectivity index (χ3v) is 5.29. The number of halogens is 3. The summed E-state index contributed by atoms with van der Waals surface area (Å²) >= 11 is 5.56. The molecule has 0 unspecified atom stereocenters. The molecule has 0 saturated heterocycles. The third-order valence-electron chi connectivity index (χ3n) is 4.93. The van der Waals surface area contributed by atoms with Crippen molar-refractivity contribution in [3.8, 4) is 11.5 Å². The number of methoxy groups -OCH3 is 2. The van der Waals surface area contributed by atoms with E-state index in [2.05, 4.69) is 10.3 Å². The molecule has 0 amide bonds. The Balaban J connectivity index is 1.77. The lowest BCUT2D eigenvalue weighted by Crippen LogP contribution is -2.36. The number of pyridine rings is 1. The van der Waals surface area contributed by atoms with Gasteiger partial charge in [0.2, 0.25) is 0 Å². The highest BCUT2D eigenvalue weighted by atomic mass is 32.1. The van der Waals surface area contributed by atoms with Gasteiger partial charge in [-0.05, 0) is 66.7 Å². The van der Waals surface area contributed by atoms with Gasteiger partial charge in [-0.2, -0.15) is 13.2 Å². The van der Waals surface area contributed by atoms with Crippen molar-refractivity contribution in [1.29, 1.82) is 0 Å². The summed E-state index contributed by atoms with van der Waals surface area (Å²) in [7, 11) is 3.15. The Kier molecular flexibility index (Phi) is 8.11. The van der Waals surface area contributed by atoms with E-state index in [0.717, 1.165) is 23.4 Å². The topological polar surface area (TPSA) is 46.6 Å². The summed E-state index contributed by atoms with van der Waals surface area (Å²) in [5.41, 5.74) is 1.32. The largest absolute Gasteiger partial charge is 0.493 e. The fourth-order valence-corrected chi connectivity index (χ4v) is 3.49. The average Bonchev–Trinajstić information content (AvgIpc) is 2.81. The predicted molar refractivity (Wildman–Crippen MR) is 126 cm³/mol. The van der Waals surface area contributed by atoms with Crippen molar-refractivity contribution in [3.63, 3.8) is 0 Å². The zero-order chi connectivity index (χ0) is 23.8. The Bertz CT molecular complexity index is 1080. The van der Waals surface area contributed by atoms with Crippen LogP contribution < -0.4 is 14.8 Å². The van der Waals surface area contributed by atoms with E-state index in [9.17, 15) is 13.2 Å². The van der Waals surface area contributed by atoms with Crippen LogP contribution >= 0.6 is 12.2 Å². The van der Waals surface area contributed by atoms with Crippen molar-refractivity contribution in [1.82, 2.24) is 9.88 Å². The van der Waals surface area contributed by atoms with E-state index in [4.69, 9.17) is 21.7 Å². The Hall–Kier alpha value is -3.33. The summed E-state index contributed by atoms with van der Waals surface area (Å²) in [5.74, 6) is 1.25. The quantitative estimate of drug-likeness (QED) is 0.431. The summed E-state index contributed by atoms with van der Waals surface area (Å²) < 4.78 is 49.9. The van der Waals surface area contributed by atoms with Gasteiger partial charge in [0.15, 0.2) is 16.6 Å². The molecule has 3 rings (SSSR count). The number of hydrogen-bond donors (Lipinski definition) is 1. The maximum atomic E-state index is 13.1. The van der Waals surface area contributed by atoms with Crippen molar-refractivity contribution in [2.75, 3.05) is 26.1 Å². The normalized spacial score (nSPS) is 11.1. The van der Waals surface area contributed by atoms with Crippen LogP contribution in [0.5, 0.6) is 11.5 Å². The first-order chi connectivity index (χ1) is 15.8.